The second-order valence-electron chi connectivity index (χ2n) is 13.1. The van der Waals surface area contributed by atoms with E-state index in [1.54, 1.807) is 32.9 Å². The van der Waals surface area contributed by atoms with Gasteiger partial charge in [0.25, 0.3) is 0 Å². The van der Waals surface area contributed by atoms with Gasteiger partial charge in [-0.2, -0.15) is 0 Å². The minimum absolute atomic E-state index is 0.0287. The summed E-state index contributed by atoms with van der Waals surface area (Å²) < 4.78 is 18.0. The molecule has 4 aliphatic heterocycles. The fourth-order valence-electron chi connectivity index (χ4n) is 9.48. The summed E-state index contributed by atoms with van der Waals surface area (Å²) in [6.45, 7) is 6.53. The van der Waals surface area contributed by atoms with E-state index in [0.717, 1.165) is 0 Å². The van der Waals surface area contributed by atoms with Gasteiger partial charge in [0.2, 0.25) is 5.79 Å². The molecule has 0 radical (unpaired) electrons. The van der Waals surface area contributed by atoms with Crippen molar-refractivity contribution in [2.75, 3.05) is 0 Å². The molecule has 0 unspecified atom stereocenters. The molecule has 0 amide bonds. The van der Waals surface area contributed by atoms with Gasteiger partial charge in [-0.05, 0) is 50.0 Å². The largest absolute Gasteiger partial charge is 0.458 e. The molecule has 4 saturated heterocycles. The van der Waals surface area contributed by atoms with E-state index in [9.17, 15) is 34.5 Å². The van der Waals surface area contributed by atoms with E-state index in [-0.39, 0.29) is 31.5 Å². The Balaban J connectivity index is 1.52. The molecule has 10 nitrogen and oxygen atoms in total. The summed E-state index contributed by atoms with van der Waals surface area (Å²) in [6.07, 6.45) is 2.64. The molecule has 10 heteroatoms. The Morgan fingerprint density at radius 2 is 1.79 bits per heavy atom. The van der Waals surface area contributed by atoms with E-state index in [0.29, 0.717) is 5.57 Å². The first-order chi connectivity index (χ1) is 17.6. The standard InChI is InChI=1S/C28H32O10/c1-12-21(32)36-17-11-23(12,2)19-20(31)27(35)18-14(24(3)13(10-15(18)29)6-5-7-16(24)30)8-9-26(34)22(33)37-25(17,4)28(19,26)38-27/h5-6,10,12,14-15,17-19,29,34-35H,7-9,11H2,1-4H3/t12-,14+,15-,17-,18+,19+,23-,24+,25+,26-,27+,28+/m1/s1. The van der Waals surface area contributed by atoms with Crippen LogP contribution < -0.4 is 0 Å². The summed E-state index contributed by atoms with van der Waals surface area (Å²) in [5.74, 6) is -9.49. The van der Waals surface area contributed by atoms with E-state index < -0.39 is 87.0 Å². The molecule has 5 fully saturated rings. The van der Waals surface area contributed by atoms with E-state index in [1.165, 1.54) is 13.0 Å². The number of esters is 2. The Hall–Kier alpha value is -2.40. The molecule has 7 rings (SSSR count). The molecule has 1 spiro atoms. The highest BCUT2D eigenvalue weighted by Gasteiger charge is 2.92. The van der Waals surface area contributed by atoms with Crippen LogP contribution in [0.25, 0.3) is 0 Å². The summed E-state index contributed by atoms with van der Waals surface area (Å²) in [5.41, 5.74) is -8.02. The third-order valence-electron chi connectivity index (χ3n) is 11.8. The zero-order valence-corrected chi connectivity index (χ0v) is 21.7. The maximum absolute atomic E-state index is 14.6. The maximum Gasteiger partial charge on any atom is 0.342 e. The Bertz CT molecular complexity index is 1300. The van der Waals surface area contributed by atoms with Gasteiger partial charge in [-0.1, -0.05) is 32.1 Å². The first-order valence-corrected chi connectivity index (χ1v) is 13.4. The van der Waals surface area contributed by atoms with Crippen molar-refractivity contribution in [1.82, 2.24) is 0 Å². The van der Waals surface area contributed by atoms with Gasteiger partial charge < -0.3 is 29.5 Å². The van der Waals surface area contributed by atoms with Crippen LogP contribution in [-0.2, 0) is 33.4 Å². The topological polar surface area (TPSA) is 157 Å². The van der Waals surface area contributed by atoms with Crippen LogP contribution in [0.5, 0.6) is 0 Å². The van der Waals surface area contributed by atoms with Crippen molar-refractivity contribution in [3.63, 3.8) is 0 Å². The number of carbonyl (C=O) groups excluding carboxylic acids is 4. The van der Waals surface area contributed by atoms with Gasteiger partial charge in [-0.25, -0.2) is 4.79 Å². The van der Waals surface area contributed by atoms with E-state index in [4.69, 9.17) is 14.2 Å². The number of aliphatic hydroxyl groups excluding tert-OH is 1. The average Bonchev–Trinajstić information content (AvgIpc) is 3.19. The van der Waals surface area contributed by atoms with Crippen LogP contribution in [0.3, 0.4) is 0 Å². The van der Waals surface area contributed by atoms with Gasteiger partial charge in [0.1, 0.15) is 11.9 Å². The highest BCUT2D eigenvalue weighted by atomic mass is 16.7. The van der Waals surface area contributed by atoms with Gasteiger partial charge in [-0.3, -0.25) is 14.4 Å². The van der Waals surface area contributed by atoms with E-state index in [2.05, 4.69) is 0 Å². The zero-order valence-electron chi connectivity index (χ0n) is 21.7. The molecule has 7 aliphatic rings. The van der Waals surface area contributed by atoms with Crippen LogP contribution in [-0.4, -0.2) is 73.6 Å². The maximum atomic E-state index is 14.6. The van der Waals surface area contributed by atoms with Gasteiger partial charge >= 0.3 is 11.9 Å². The molecule has 0 aromatic rings. The number of ketones is 2. The van der Waals surface area contributed by atoms with Crippen LogP contribution in [0.2, 0.25) is 0 Å². The van der Waals surface area contributed by atoms with Crippen molar-refractivity contribution in [2.24, 2.45) is 34.5 Å². The average molecular weight is 529 g/mol. The van der Waals surface area contributed by atoms with Gasteiger partial charge in [0.15, 0.2) is 22.6 Å². The second-order valence-corrected chi connectivity index (χ2v) is 13.1. The third kappa shape index (κ3) is 2.19. The molecular weight excluding hydrogens is 496 g/mol. The molecule has 4 heterocycles. The van der Waals surface area contributed by atoms with Crippen molar-refractivity contribution in [3.8, 4) is 0 Å². The first kappa shape index (κ1) is 24.6. The van der Waals surface area contributed by atoms with Crippen LogP contribution >= 0.6 is 0 Å². The third-order valence-corrected chi connectivity index (χ3v) is 11.8. The van der Waals surface area contributed by atoms with Crippen LogP contribution in [0.1, 0.15) is 53.4 Å². The fourth-order valence-corrected chi connectivity index (χ4v) is 9.48. The second kappa shape index (κ2) is 6.66. The monoisotopic (exact) mass is 528 g/mol. The number of rotatable bonds is 0. The van der Waals surface area contributed by atoms with Crippen LogP contribution in [0, 0.1) is 34.5 Å². The SMILES string of the molecule is C[C@@H]1C(=O)O[C@@H]2C[C@@]1(C)[C@@H]1C(=O)[C@@]3(O)O[C@@]14[C@@](O)(CC[C@H]1[C@H]3[C@H](O)C=C3C=CCC(=O)[C@@]31C)C(=O)O[C@@]24C. The van der Waals surface area contributed by atoms with Crippen molar-refractivity contribution in [3.05, 3.63) is 23.8 Å². The van der Waals surface area contributed by atoms with Crippen molar-refractivity contribution in [1.29, 1.82) is 0 Å². The number of Topliss-reactive ketones (excluding diaryl/α,β-unsaturated/α-hetero) is 2. The summed E-state index contributed by atoms with van der Waals surface area (Å²) in [6, 6.07) is 0. The summed E-state index contributed by atoms with van der Waals surface area (Å²) in [5, 5.41) is 36.1. The van der Waals surface area contributed by atoms with Crippen LogP contribution in [0.15, 0.2) is 23.8 Å². The molecular formula is C28H32O10. The number of hydrogen-bond acceptors (Lipinski definition) is 10. The van der Waals surface area contributed by atoms with Crippen molar-refractivity contribution >= 4 is 23.5 Å². The van der Waals surface area contributed by atoms with Gasteiger partial charge in [0, 0.05) is 6.42 Å². The Morgan fingerprint density at radius 3 is 2.50 bits per heavy atom. The van der Waals surface area contributed by atoms with Gasteiger partial charge in [0.05, 0.1) is 29.3 Å². The highest BCUT2D eigenvalue weighted by Crippen LogP contribution is 2.73. The first-order valence-electron chi connectivity index (χ1n) is 13.4. The number of aliphatic hydroxyl groups is 3. The smallest absolute Gasteiger partial charge is 0.342 e. The molecule has 0 aromatic heterocycles. The number of carbonyl (C=O) groups is 4. The predicted octanol–water partition coefficient (Wildman–Crippen LogP) is 0.510. The summed E-state index contributed by atoms with van der Waals surface area (Å²) in [4.78, 5) is 54.6. The number of hydrogen-bond donors (Lipinski definition) is 3. The fraction of sp³-hybridized carbons (Fsp3) is 0.714. The molecule has 204 valence electrons. The highest BCUT2D eigenvalue weighted by molar-refractivity contribution is 5.99. The Labute approximate surface area is 219 Å². The Kier molecular flexibility index (Phi) is 4.31. The lowest BCUT2D eigenvalue weighted by Gasteiger charge is -2.61. The minimum Gasteiger partial charge on any atom is -0.458 e. The van der Waals surface area contributed by atoms with Gasteiger partial charge in [-0.15, -0.1) is 0 Å². The molecule has 0 aromatic carbocycles. The predicted molar refractivity (Wildman–Crippen MR) is 126 cm³/mol. The lowest BCUT2D eigenvalue weighted by molar-refractivity contribution is -0.350. The lowest BCUT2D eigenvalue weighted by atomic mass is 9.46. The van der Waals surface area contributed by atoms with E-state index >= 15 is 0 Å². The van der Waals surface area contributed by atoms with Crippen LogP contribution in [0.4, 0.5) is 0 Å². The summed E-state index contributed by atoms with van der Waals surface area (Å²) in [7, 11) is 0. The molecule has 3 aliphatic carbocycles. The molecule has 4 bridgehead atoms. The number of ether oxygens (including phenoxy) is 3. The molecule has 3 N–H and O–H groups in total. The molecule has 1 saturated carbocycles. The number of fused-ring (bicyclic) bond motifs is 9. The molecule has 12 atom stereocenters. The summed E-state index contributed by atoms with van der Waals surface area (Å²) >= 11 is 0. The normalized spacial score (nSPS) is 58.1. The van der Waals surface area contributed by atoms with Crippen molar-refractivity contribution in [2.45, 2.75) is 88.2 Å². The molecule has 38 heavy (non-hydrogen) atoms. The minimum atomic E-state index is -2.67. The zero-order chi connectivity index (χ0) is 27.4. The van der Waals surface area contributed by atoms with Crippen molar-refractivity contribution < 1.29 is 48.7 Å². The number of allylic oxidation sites excluding steroid dienone is 3. The Morgan fingerprint density at radius 1 is 1.08 bits per heavy atom. The lowest BCUT2D eigenvalue weighted by Crippen LogP contribution is -2.78. The van der Waals surface area contributed by atoms with E-state index in [1.807, 2.05) is 0 Å². The quantitative estimate of drug-likeness (QED) is 0.379.